The van der Waals surface area contributed by atoms with E-state index in [1.165, 1.54) is 0 Å². The zero-order valence-corrected chi connectivity index (χ0v) is 18.9. The normalized spacial score (nSPS) is 16.1. The Balaban J connectivity index is 1.45. The number of azo groups is 1. The van der Waals surface area contributed by atoms with Gasteiger partial charge in [-0.25, -0.2) is 0 Å². The van der Waals surface area contributed by atoms with Crippen molar-refractivity contribution in [2.75, 3.05) is 12.4 Å². The van der Waals surface area contributed by atoms with Gasteiger partial charge in [-0.15, -0.1) is 0 Å². The Morgan fingerprint density at radius 2 is 1.88 bits per heavy atom. The summed E-state index contributed by atoms with van der Waals surface area (Å²) in [6.07, 6.45) is 0.0524. The summed E-state index contributed by atoms with van der Waals surface area (Å²) in [5, 5.41) is 12.4. The number of Topliss-reactive ketones (excluding diaryl/α,β-unsaturated/α-hetero) is 1. The molecule has 8 heteroatoms. The van der Waals surface area contributed by atoms with Gasteiger partial charge in [0, 0.05) is 15.6 Å². The predicted molar refractivity (Wildman–Crippen MR) is 127 cm³/mol. The van der Waals surface area contributed by atoms with Crippen LogP contribution in [0.25, 0.3) is 5.70 Å². The van der Waals surface area contributed by atoms with E-state index in [9.17, 15) is 9.59 Å². The quantitative estimate of drug-likeness (QED) is 0.468. The van der Waals surface area contributed by atoms with Gasteiger partial charge < -0.3 is 10.1 Å². The van der Waals surface area contributed by atoms with Gasteiger partial charge in [0.05, 0.1) is 30.4 Å². The minimum absolute atomic E-state index is 0.0524. The molecule has 0 aromatic heterocycles. The lowest BCUT2D eigenvalue weighted by Crippen LogP contribution is -2.16. The van der Waals surface area contributed by atoms with E-state index in [1.54, 1.807) is 37.4 Å². The molecule has 0 spiro atoms. The van der Waals surface area contributed by atoms with Crippen LogP contribution in [-0.2, 0) is 11.2 Å². The van der Waals surface area contributed by atoms with E-state index >= 15 is 0 Å². The number of ketones is 1. The van der Waals surface area contributed by atoms with E-state index in [4.69, 9.17) is 27.9 Å². The van der Waals surface area contributed by atoms with Crippen LogP contribution >= 0.6 is 23.2 Å². The molecule has 1 aliphatic carbocycles. The Hall–Kier alpha value is -3.48. The first-order valence-corrected chi connectivity index (χ1v) is 10.9. The van der Waals surface area contributed by atoms with Crippen LogP contribution in [0.5, 0.6) is 5.75 Å². The van der Waals surface area contributed by atoms with Crippen LogP contribution in [0.2, 0.25) is 10.0 Å². The number of fused-ring (bicyclic) bond motifs is 3. The fraction of sp³-hybridized carbons (Fsp3) is 0.120. The number of benzene rings is 3. The first-order chi connectivity index (χ1) is 16.0. The van der Waals surface area contributed by atoms with Crippen LogP contribution in [0.15, 0.2) is 76.5 Å². The first kappa shape index (κ1) is 21.4. The molecule has 33 heavy (non-hydrogen) atoms. The maximum Gasteiger partial charge on any atom is 0.228 e. The third-order valence-corrected chi connectivity index (χ3v) is 6.26. The van der Waals surface area contributed by atoms with Crippen molar-refractivity contribution in [3.05, 3.63) is 98.5 Å². The van der Waals surface area contributed by atoms with Crippen molar-refractivity contribution in [1.29, 1.82) is 0 Å². The van der Waals surface area contributed by atoms with E-state index in [1.807, 2.05) is 30.3 Å². The number of hydrogen-bond acceptors (Lipinski definition) is 5. The molecular formula is C25H17Cl2N3O3. The van der Waals surface area contributed by atoms with E-state index in [0.717, 1.165) is 11.1 Å². The van der Waals surface area contributed by atoms with Crippen LogP contribution in [0, 0.1) is 0 Å². The maximum absolute atomic E-state index is 13.4. The van der Waals surface area contributed by atoms with Crippen LogP contribution < -0.4 is 10.1 Å². The minimum atomic E-state index is -0.479. The molecule has 1 unspecified atom stereocenters. The average Bonchev–Trinajstić information content (AvgIpc) is 3.36. The SMILES string of the molecule is COc1ccc(C2=C3C(=O)c4c(NC(=O)Cc5ccc(Cl)cc5Cl)cccc4C3N=N2)cc1. The monoisotopic (exact) mass is 477 g/mol. The molecule has 2 aliphatic rings. The number of nitrogens with zero attached hydrogens (tertiary/aromatic N) is 2. The Bertz CT molecular complexity index is 1360. The molecule has 0 saturated carbocycles. The van der Waals surface area contributed by atoms with Gasteiger partial charge in [-0.05, 0) is 53.6 Å². The van der Waals surface area contributed by atoms with Gasteiger partial charge in [-0.2, -0.15) is 10.2 Å². The Morgan fingerprint density at radius 1 is 1.09 bits per heavy atom. The van der Waals surface area contributed by atoms with E-state index in [-0.39, 0.29) is 18.1 Å². The van der Waals surface area contributed by atoms with Gasteiger partial charge in [0.1, 0.15) is 17.5 Å². The second-order valence-electron chi connectivity index (χ2n) is 7.67. The molecular weight excluding hydrogens is 461 g/mol. The molecule has 1 heterocycles. The number of halogens is 2. The zero-order valence-electron chi connectivity index (χ0n) is 17.4. The lowest BCUT2D eigenvalue weighted by Gasteiger charge is -2.11. The van der Waals surface area contributed by atoms with Gasteiger partial charge in [-0.1, -0.05) is 41.4 Å². The summed E-state index contributed by atoms with van der Waals surface area (Å²) in [6.45, 7) is 0. The first-order valence-electron chi connectivity index (χ1n) is 10.2. The highest BCUT2D eigenvalue weighted by Gasteiger charge is 2.42. The van der Waals surface area contributed by atoms with Crippen molar-refractivity contribution >= 4 is 46.3 Å². The van der Waals surface area contributed by atoms with Crippen molar-refractivity contribution in [3.8, 4) is 5.75 Å². The van der Waals surface area contributed by atoms with Crippen molar-refractivity contribution in [1.82, 2.24) is 0 Å². The highest BCUT2D eigenvalue weighted by molar-refractivity contribution is 6.35. The Labute approximate surface area is 199 Å². The maximum atomic E-state index is 13.4. The summed E-state index contributed by atoms with van der Waals surface area (Å²) in [5.41, 5.74) is 4.08. The lowest BCUT2D eigenvalue weighted by molar-refractivity contribution is -0.115. The van der Waals surface area contributed by atoms with Crippen molar-refractivity contribution < 1.29 is 14.3 Å². The van der Waals surface area contributed by atoms with E-state index in [0.29, 0.717) is 43.9 Å². The average molecular weight is 478 g/mol. The molecule has 6 nitrogen and oxygen atoms in total. The van der Waals surface area contributed by atoms with Gasteiger partial charge in [0.25, 0.3) is 0 Å². The number of rotatable bonds is 5. The molecule has 1 aliphatic heterocycles. The fourth-order valence-corrected chi connectivity index (χ4v) is 4.57. The molecule has 164 valence electrons. The Kier molecular flexibility index (Phi) is 5.48. The number of ether oxygens (including phenoxy) is 1. The third kappa shape index (κ3) is 3.81. The number of carbonyl (C=O) groups excluding carboxylic acids is 2. The summed E-state index contributed by atoms with van der Waals surface area (Å²) < 4.78 is 5.21. The highest BCUT2D eigenvalue weighted by Crippen LogP contribution is 2.49. The van der Waals surface area contributed by atoms with Gasteiger partial charge in [0.2, 0.25) is 5.91 Å². The van der Waals surface area contributed by atoms with E-state index in [2.05, 4.69) is 15.5 Å². The Morgan fingerprint density at radius 3 is 2.61 bits per heavy atom. The molecule has 1 atom stereocenters. The standard InChI is InChI=1S/C25H17Cl2N3O3/c1-33-16-9-6-13(7-10-16)23-22-24(30-29-23)17-3-2-4-19(21(17)25(22)32)28-20(31)11-14-5-8-15(26)12-18(14)27/h2-10,12,24H,11H2,1H3,(H,28,31). The summed E-state index contributed by atoms with van der Waals surface area (Å²) in [7, 11) is 1.59. The van der Waals surface area contributed by atoms with Crippen molar-refractivity contribution in [2.45, 2.75) is 12.5 Å². The number of nitrogens with one attached hydrogen (secondary N) is 1. The smallest absolute Gasteiger partial charge is 0.228 e. The second-order valence-corrected chi connectivity index (χ2v) is 8.51. The molecule has 3 aromatic rings. The zero-order chi connectivity index (χ0) is 23.1. The lowest BCUT2D eigenvalue weighted by atomic mass is 10.0. The number of carbonyl (C=O) groups is 2. The van der Waals surface area contributed by atoms with Gasteiger partial charge >= 0.3 is 0 Å². The van der Waals surface area contributed by atoms with Gasteiger partial charge in [-0.3, -0.25) is 9.59 Å². The molecule has 1 N–H and O–H groups in total. The van der Waals surface area contributed by atoms with Crippen LogP contribution in [0.1, 0.15) is 33.1 Å². The number of anilines is 1. The molecule has 0 fully saturated rings. The summed E-state index contributed by atoms with van der Waals surface area (Å²) >= 11 is 12.1. The summed E-state index contributed by atoms with van der Waals surface area (Å²) in [4.78, 5) is 26.2. The predicted octanol–water partition coefficient (Wildman–Crippen LogP) is 6.30. The summed E-state index contributed by atoms with van der Waals surface area (Å²) in [6, 6.07) is 17.2. The number of methoxy groups -OCH3 is 1. The number of amides is 1. The van der Waals surface area contributed by atoms with Crippen LogP contribution in [-0.4, -0.2) is 18.8 Å². The highest BCUT2D eigenvalue weighted by atomic mass is 35.5. The van der Waals surface area contributed by atoms with Crippen molar-refractivity contribution in [3.63, 3.8) is 0 Å². The van der Waals surface area contributed by atoms with Crippen LogP contribution in [0.3, 0.4) is 0 Å². The van der Waals surface area contributed by atoms with E-state index < -0.39 is 6.04 Å². The van der Waals surface area contributed by atoms with Gasteiger partial charge in [0.15, 0.2) is 5.78 Å². The topological polar surface area (TPSA) is 80.1 Å². The molecule has 5 rings (SSSR count). The largest absolute Gasteiger partial charge is 0.497 e. The fourth-order valence-electron chi connectivity index (χ4n) is 4.09. The molecule has 3 aromatic carbocycles. The summed E-state index contributed by atoms with van der Waals surface area (Å²) in [5.74, 6) is 0.234. The molecule has 0 bridgehead atoms. The van der Waals surface area contributed by atoms with Crippen LogP contribution in [0.4, 0.5) is 5.69 Å². The molecule has 0 saturated heterocycles. The molecule has 1 amide bonds. The third-order valence-electron chi connectivity index (χ3n) is 5.67. The minimum Gasteiger partial charge on any atom is -0.497 e. The number of hydrogen-bond donors (Lipinski definition) is 1. The second kappa shape index (κ2) is 8.46. The van der Waals surface area contributed by atoms with Crippen molar-refractivity contribution in [2.24, 2.45) is 10.2 Å². The molecule has 0 radical (unpaired) electrons.